The zero-order chi connectivity index (χ0) is 13.0. The standard InChI is InChI=1S/C15H24N2O/c1-3-4-5-12-6-8-13(9-7-12)15(18)14-10-16-17(2)11-14/h10-13H,3-9H2,1-2H3. The first-order chi connectivity index (χ1) is 8.70. The summed E-state index contributed by atoms with van der Waals surface area (Å²) in [5.74, 6) is 1.41. The minimum atomic E-state index is 0.243. The van der Waals surface area contributed by atoms with Gasteiger partial charge in [0.15, 0.2) is 5.78 Å². The van der Waals surface area contributed by atoms with E-state index >= 15 is 0 Å². The molecule has 0 aliphatic heterocycles. The molecule has 1 aliphatic rings. The highest BCUT2D eigenvalue weighted by molar-refractivity contribution is 5.97. The summed E-state index contributed by atoms with van der Waals surface area (Å²) in [7, 11) is 1.86. The van der Waals surface area contributed by atoms with E-state index in [1.54, 1.807) is 10.9 Å². The van der Waals surface area contributed by atoms with Crippen LogP contribution in [0.4, 0.5) is 0 Å². The molecule has 0 radical (unpaired) electrons. The summed E-state index contributed by atoms with van der Waals surface area (Å²) in [5, 5.41) is 4.08. The van der Waals surface area contributed by atoms with Crippen molar-refractivity contribution >= 4 is 5.78 Å². The molecule has 3 nitrogen and oxygen atoms in total. The van der Waals surface area contributed by atoms with Crippen LogP contribution < -0.4 is 0 Å². The Labute approximate surface area is 110 Å². The van der Waals surface area contributed by atoms with Crippen LogP contribution in [0.25, 0.3) is 0 Å². The van der Waals surface area contributed by atoms with Crippen LogP contribution in [0.3, 0.4) is 0 Å². The van der Waals surface area contributed by atoms with Gasteiger partial charge in [0.25, 0.3) is 0 Å². The van der Waals surface area contributed by atoms with Crippen LogP contribution >= 0.6 is 0 Å². The van der Waals surface area contributed by atoms with Crippen molar-refractivity contribution in [3.63, 3.8) is 0 Å². The molecular formula is C15H24N2O. The number of Topliss-reactive ketones (excluding diaryl/α,β-unsaturated/α-hetero) is 1. The summed E-state index contributed by atoms with van der Waals surface area (Å²) in [6, 6.07) is 0. The van der Waals surface area contributed by atoms with Gasteiger partial charge in [-0.1, -0.05) is 26.2 Å². The molecule has 0 amide bonds. The topological polar surface area (TPSA) is 34.9 Å². The smallest absolute Gasteiger partial charge is 0.169 e. The molecule has 0 spiro atoms. The Balaban J connectivity index is 1.84. The number of carbonyl (C=O) groups is 1. The molecule has 1 heterocycles. The first-order valence-corrected chi connectivity index (χ1v) is 7.23. The molecule has 0 saturated heterocycles. The minimum Gasteiger partial charge on any atom is -0.294 e. The van der Waals surface area contributed by atoms with E-state index in [9.17, 15) is 4.79 Å². The van der Waals surface area contributed by atoms with Crippen LogP contribution in [0.15, 0.2) is 12.4 Å². The molecule has 1 saturated carbocycles. The van der Waals surface area contributed by atoms with Gasteiger partial charge in [-0.3, -0.25) is 9.48 Å². The fourth-order valence-electron chi connectivity index (χ4n) is 2.99. The van der Waals surface area contributed by atoms with Crippen molar-refractivity contribution < 1.29 is 4.79 Å². The Kier molecular flexibility index (Phi) is 4.56. The first-order valence-electron chi connectivity index (χ1n) is 7.23. The SMILES string of the molecule is CCCCC1CCC(C(=O)c2cnn(C)c2)CC1. The predicted molar refractivity (Wildman–Crippen MR) is 72.5 cm³/mol. The monoisotopic (exact) mass is 248 g/mol. The van der Waals surface area contributed by atoms with Gasteiger partial charge in [0.1, 0.15) is 0 Å². The molecule has 3 heteroatoms. The molecule has 100 valence electrons. The normalized spacial score (nSPS) is 24.1. The van der Waals surface area contributed by atoms with Gasteiger partial charge in [0.05, 0.1) is 11.8 Å². The first kappa shape index (κ1) is 13.3. The zero-order valence-corrected chi connectivity index (χ0v) is 11.6. The summed E-state index contributed by atoms with van der Waals surface area (Å²) in [4.78, 5) is 12.3. The molecule has 1 fully saturated rings. The van der Waals surface area contributed by atoms with E-state index in [1.807, 2.05) is 13.2 Å². The summed E-state index contributed by atoms with van der Waals surface area (Å²) >= 11 is 0. The number of aromatic nitrogens is 2. The number of hydrogen-bond acceptors (Lipinski definition) is 2. The van der Waals surface area contributed by atoms with Crippen molar-refractivity contribution in [2.24, 2.45) is 18.9 Å². The number of unbranched alkanes of at least 4 members (excludes halogenated alkanes) is 1. The second-order valence-electron chi connectivity index (χ2n) is 5.63. The highest BCUT2D eigenvalue weighted by Crippen LogP contribution is 2.33. The van der Waals surface area contributed by atoms with E-state index < -0.39 is 0 Å². The van der Waals surface area contributed by atoms with Gasteiger partial charge < -0.3 is 0 Å². The van der Waals surface area contributed by atoms with E-state index in [4.69, 9.17) is 0 Å². The Hall–Kier alpha value is -1.12. The third-order valence-corrected chi connectivity index (χ3v) is 4.17. The largest absolute Gasteiger partial charge is 0.294 e. The van der Waals surface area contributed by atoms with Gasteiger partial charge in [-0.05, 0) is 31.6 Å². The predicted octanol–water partition coefficient (Wildman–Crippen LogP) is 3.60. The van der Waals surface area contributed by atoms with Crippen LogP contribution in [0.2, 0.25) is 0 Å². The lowest BCUT2D eigenvalue weighted by Crippen LogP contribution is -2.21. The molecule has 18 heavy (non-hydrogen) atoms. The maximum absolute atomic E-state index is 12.3. The molecule has 0 atom stereocenters. The zero-order valence-electron chi connectivity index (χ0n) is 11.6. The molecule has 0 N–H and O–H groups in total. The summed E-state index contributed by atoms with van der Waals surface area (Å²) in [5.41, 5.74) is 0.787. The van der Waals surface area contributed by atoms with Gasteiger partial charge in [0.2, 0.25) is 0 Å². The number of nitrogens with zero attached hydrogens (tertiary/aromatic N) is 2. The molecule has 0 aromatic carbocycles. The van der Waals surface area contributed by atoms with E-state index in [0.29, 0.717) is 5.78 Å². The Morgan fingerprint density at radius 2 is 2.11 bits per heavy atom. The van der Waals surface area contributed by atoms with Crippen molar-refractivity contribution in [2.75, 3.05) is 0 Å². The molecule has 1 aromatic rings. The Morgan fingerprint density at radius 3 is 2.67 bits per heavy atom. The lowest BCUT2D eigenvalue weighted by molar-refractivity contribution is 0.0869. The summed E-state index contributed by atoms with van der Waals surface area (Å²) in [6.45, 7) is 2.25. The molecular weight excluding hydrogens is 224 g/mol. The fraction of sp³-hybridized carbons (Fsp3) is 0.733. The summed E-state index contributed by atoms with van der Waals surface area (Å²) < 4.78 is 1.71. The molecule has 1 aliphatic carbocycles. The maximum Gasteiger partial charge on any atom is 0.169 e. The fourth-order valence-corrected chi connectivity index (χ4v) is 2.99. The average molecular weight is 248 g/mol. The van der Waals surface area contributed by atoms with Crippen LogP contribution in [-0.2, 0) is 7.05 Å². The van der Waals surface area contributed by atoms with E-state index in [0.717, 1.165) is 24.3 Å². The van der Waals surface area contributed by atoms with Gasteiger partial charge in [-0.15, -0.1) is 0 Å². The number of aryl methyl sites for hydroxylation is 1. The highest BCUT2D eigenvalue weighted by atomic mass is 16.1. The third-order valence-electron chi connectivity index (χ3n) is 4.17. The van der Waals surface area contributed by atoms with Crippen molar-refractivity contribution in [2.45, 2.75) is 51.9 Å². The quantitative estimate of drug-likeness (QED) is 0.746. The molecule has 0 unspecified atom stereocenters. The van der Waals surface area contributed by atoms with Crippen molar-refractivity contribution in [3.05, 3.63) is 18.0 Å². The number of rotatable bonds is 5. The van der Waals surface area contributed by atoms with Crippen molar-refractivity contribution in [3.8, 4) is 0 Å². The second-order valence-corrected chi connectivity index (χ2v) is 5.63. The van der Waals surface area contributed by atoms with Gasteiger partial charge >= 0.3 is 0 Å². The van der Waals surface area contributed by atoms with Crippen LogP contribution in [0, 0.1) is 11.8 Å². The van der Waals surface area contributed by atoms with Crippen LogP contribution in [0.1, 0.15) is 62.2 Å². The lowest BCUT2D eigenvalue weighted by Gasteiger charge is -2.27. The molecule has 2 rings (SSSR count). The van der Waals surface area contributed by atoms with Gasteiger partial charge in [0, 0.05) is 19.2 Å². The third kappa shape index (κ3) is 3.21. The minimum absolute atomic E-state index is 0.243. The average Bonchev–Trinajstić information content (AvgIpc) is 2.83. The van der Waals surface area contributed by atoms with Gasteiger partial charge in [-0.2, -0.15) is 5.10 Å². The molecule has 1 aromatic heterocycles. The maximum atomic E-state index is 12.3. The van der Waals surface area contributed by atoms with E-state index in [1.165, 1.54) is 32.1 Å². The Bertz CT molecular complexity index is 389. The summed E-state index contributed by atoms with van der Waals surface area (Å²) in [6.07, 6.45) is 12.1. The molecule has 0 bridgehead atoms. The van der Waals surface area contributed by atoms with Crippen molar-refractivity contribution in [1.82, 2.24) is 9.78 Å². The van der Waals surface area contributed by atoms with Crippen molar-refractivity contribution in [1.29, 1.82) is 0 Å². The number of hydrogen-bond donors (Lipinski definition) is 0. The second kappa shape index (κ2) is 6.17. The van der Waals surface area contributed by atoms with Gasteiger partial charge in [-0.25, -0.2) is 0 Å². The lowest BCUT2D eigenvalue weighted by atomic mass is 9.77. The van der Waals surface area contributed by atoms with E-state index in [2.05, 4.69) is 12.0 Å². The number of ketones is 1. The Morgan fingerprint density at radius 1 is 1.39 bits per heavy atom. The number of carbonyl (C=O) groups excluding carboxylic acids is 1. The van der Waals surface area contributed by atoms with Crippen LogP contribution in [-0.4, -0.2) is 15.6 Å². The highest BCUT2D eigenvalue weighted by Gasteiger charge is 2.27. The van der Waals surface area contributed by atoms with E-state index in [-0.39, 0.29) is 5.92 Å². The van der Waals surface area contributed by atoms with Crippen LogP contribution in [0.5, 0.6) is 0 Å².